The molecule has 10 rings (SSSR count). The van der Waals surface area contributed by atoms with E-state index in [4.69, 9.17) is 0 Å². The summed E-state index contributed by atoms with van der Waals surface area (Å²) >= 11 is 0. The van der Waals surface area contributed by atoms with Crippen molar-refractivity contribution in [3.63, 3.8) is 0 Å². The molecule has 0 bridgehead atoms. The van der Waals surface area contributed by atoms with Gasteiger partial charge in [-0.1, -0.05) is 188 Å². The number of hydrogen-bond acceptors (Lipinski definition) is 0. The molecule has 538 valence electrons. The molecule has 0 unspecified atom stereocenters. The second-order valence-corrected chi connectivity index (χ2v) is 34.6. The van der Waals surface area contributed by atoms with Crippen LogP contribution < -0.4 is 0 Å². The van der Waals surface area contributed by atoms with Crippen LogP contribution in [0.2, 0.25) is 0 Å². The molecule has 0 spiro atoms. The second kappa shape index (κ2) is 49.5. The summed E-state index contributed by atoms with van der Waals surface area (Å²) in [5, 5.41) is 0. The molecule has 0 radical (unpaired) electrons. The molecule has 0 nitrogen and oxygen atoms in total. The monoisotopic (exact) mass is 1290 g/mol. The fraction of sp³-hybridized carbons (Fsp3) is 0.830. The van der Waals surface area contributed by atoms with Gasteiger partial charge < -0.3 is 0 Å². The van der Waals surface area contributed by atoms with Crippen molar-refractivity contribution in [2.24, 2.45) is 118 Å². The first kappa shape index (κ1) is 80.9. The van der Waals surface area contributed by atoms with Crippen LogP contribution >= 0.6 is 0 Å². The van der Waals surface area contributed by atoms with Crippen LogP contribution in [-0.2, 0) is 0 Å². The molecule has 0 saturated heterocycles. The summed E-state index contributed by atoms with van der Waals surface area (Å²) in [6.07, 6.45) is 108. The lowest BCUT2D eigenvalue weighted by Gasteiger charge is -2.38. The van der Waals surface area contributed by atoms with E-state index in [-0.39, 0.29) is 0 Å². The number of rotatable bonds is 21. The Labute approximate surface area is 589 Å². The quantitative estimate of drug-likeness (QED) is 0.101. The van der Waals surface area contributed by atoms with Gasteiger partial charge >= 0.3 is 0 Å². The van der Waals surface area contributed by atoms with Gasteiger partial charge in [-0.25, -0.2) is 0 Å². The smallest absolute Gasteiger partial charge is 0.0233 e. The topological polar surface area (TPSA) is 0 Å². The Hall–Kier alpha value is -2.08. The molecular formula is C94H162. The first-order valence-electron chi connectivity index (χ1n) is 43.0. The van der Waals surface area contributed by atoms with E-state index in [9.17, 15) is 0 Å². The van der Waals surface area contributed by atoms with Gasteiger partial charge in [0.2, 0.25) is 0 Å². The molecule has 0 heteroatoms. The van der Waals surface area contributed by atoms with Gasteiger partial charge in [0.1, 0.15) is 0 Å². The number of hydrogen-bond donors (Lipinski definition) is 0. The van der Waals surface area contributed by atoms with Crippen LogP contribution in [0.15, 0.2) is 97.2 Å². The van der Waals surface area contributed by atoms with E-state index in [1.54, 1.807) is 12.8 Å². The van der Waals surface area contributed by atoms with Crippen LogP contribution in [0.1, 0.15) is 377 Å². The zero-order chi connectivity index (χ0) is 66.8. The lowest BCUT2D eigenvalue weighted by atomic mass is 9.68. The average molecular weight is 1290 g/mol. The predicted octanol–water partition coefficient (Wildman–Crippen LogP) is 30.8. The fourth-order valence-corrected chi connectivity index (χ4v) is 21.6. The van der Waals surface area contributed by atoms with E-state index in [2.05, 4.69) is 166 Å². The minimum Gasteiger partial charge on any atom is -0.0917 e. The van der Waals surface area contributed by atoms with Gasteiger partial charge in [-0.15, -0.1) is 0 Å². The minimum absolute atomic E-state index is 0.894. The van der Waals surface area contributed by atoms with E-state index in [1.807, 2.05) is 0 Å². The summed E-state index contributed by atoms with van der Waals surface area (Å²) in [5.74, 6) is 20.5. The SMILES string of the molecule is C/C=C/C1CCC(C2CCC(/C=C/C)CC2)CC1.C/C=C/C1CCC(C2CCC(C)CC2)CC1.C/C=C/CCC1CCC(C2CCC(/C=C/C)CC2)CC1.C/C=C/CCC1CCC(C2CCC(C)CC2)CC1.C/C=C/CCC1CCC(C2CCC(CC/C=C/C)CC2)CC1. The molecule has 0 aromatic heterocycles. The summed E-state index contributed by atoms with van der Waals surface area (Å²) in [7, 11) is 0. The van der Waals surface area contributed by atoms with Gasteiger partial charge in [-0.3, -0.25) is 0 Å². The van der Waals surface area contributed by atoms with Gasteiger partial charge in [0.25, 0.3) is 0 Å². The van der Waals surface area contributed by atoms with Crippen LogP contribution in [0.4, 0.5) is 0 Å². The third-order valence-corrected chi connectivity index (χ3v) is 28.1. The predicted molar refractivity (Wildman–Crippen MR) is 421 cm³/mol. The van der Waals surface area contributed by atoms with Crippen LogP contribution in [0, 0.1) is 118 Å². The molecule has 0 aliphatic heterocycles. The minimum atomic E-state index is 0.894. The van der Waals surface area contributed by atoms with E-state index in [0.717, 1.165) is 118 Å². The highest BCUT2D eigenvalue weighted by Gasteiger charge is 2.35. The molecular weight excluding hydrogens is 1130 g/mol. The van der Waals surface area contributed by atoms with E-state index in [1.165, 1.54) is 295 Å². The lowest BCUT2D eigenvalue weighted by Crippen LogP contribution is -2.25. The summed E-state index contributed by atoms with van der Waals surface area (Å²) in [6.45, 7) is 22.1. The van der Waals surface area contributed by atoms with Crippen LogP contribution in [-0.4, -0.2) is 0 Å². The van der Waals surface area contributed by atoms with Crippen LogP contribution in [0.5, 0.6) is 0 Å². The third kappa shape index (κ3) is 31.6. The Bertz CT molecular complexity index is 1960. The standard InChI is InChI=1S/C22H38.C20H34.C18H32.C18H30.C16H28/c1-3-5-7-9-19-11-15-21(16-12-19)22-17-13-20(14-18-22)10-8-6-4-2;1-3-5-6-8-18-11-15-20(16-12-18)19-13-9-17(7-4-2)10-14-19;1-3-4-5-6-16-9-13-18(14-10-16)17-11-7-15(2)8-12-17;1-3-5-15-7-11-17(12-8-15)18-13-9-16(6-4-2)10-14-18;1-3-4-14-7-11-16(12-8-14)15-9-5-13(2)6-10-15/h3-6,19-22H,7-18H2,1-2H3;3-5,7,17-20H,6,8-16H2,1-2H3;3-4,15-18H,5-14H2,1-2H3;3-6,15-18H,7-14H2,1-2H3;3-4,13-16H,5-12H2,1-2H3/b5-3+,6-4+;5-3+,7-4+;4-3+;5-3+,6-4+;4-3+. The summed E-state index contributed by atoms with van der Waals surface area (Å²) in [4.78, 5) is 0. The van der Waals surface area contributed by atoms with Crippen molar-refractivity contribution in [3.8, 4) is 0 Å². The van der Waals surface area contributed by atoms with Gasteiger partial charge in [0.05, 0.1) is 0 Å². The van der Waals surface area contributed by atoms with Crippen molar-refractivity contribution in [2.75, 3.05) is 0 Å². The summed E-state index contributed by atoms with van der Waals surface area (Å²) < 4.78 is 0. The van der Waals surface area contributed by atoms with Crippen LogP contribution in [0.25, 0.3) is 0 Å². The van der Waals surface area contributed by atoms with Crippen molar-refractivity contribution in [2.45, 2.75) is 377 Å². The van der Waals surface area contributed by atoms with Gasteiger partial charge in [-0.05, 0) is 405 Å². The molecule has 10 fully saturated rings. The fourth-order valence-electron chi connectivity index (χ4n) is 21.6. The largest absolute Gasteiger partial charge is 0.0917 e. The molecule has 0 atom stereocenters. The normalized spacial score (nSPS) is 37.3. The van der Waals surface area contributed by atoms with Gasteiger partial charge in [0.15, 0.2) is 0 Å². The van der Waals surface area contributed by atoms with E-state index in [0.29, 0.717) is 0 Å². The highest BCUT2D eigenvalue weighted by atomic mass is 14.4. The Morgan fingerprint density at radius 3 is 0.479 bits per heavy atom. The van der Waals surface area contributed by atoms with E-state index < -0.39 is 0 Å². The third-order valence-electron chi connectivity index (χ3n) is 28.1. The molecule has 0 N–H and O–H groups in total. The van der Waals surface area contributed by atoms with Crippen molar-refractivity contribution in [1.82, 2.24) is 0 Å². The Balaban J connectivity index is 0.000000187. The average Bonchev–Trinajstić information content (AvgIpc) is 2.23. The lowest BCUT2D eigenvalue weighted by molar-refractivity contribution is 0.142. The van der Waals surface area contributed by atoms with Gasteiger partial charge in [-0.2, -0.15) is 0 Å². The Morgan fingerprint density at radius 2 is 0.330 bits per heavy atom. The first-order valence-corrected chi connectivity index (χ1v) is 43.0. The molecule has 10 aliphatic rings. The molecule has 0 aromatic rings. The van der Waals surface area contributed by atoms with Gasteiger partial charge in [0, 0.05) is 0 Å². The second-order valence-electron chi connectivity index (χ2n) is 34.6. The van der Waals surface area contributed by atoms with Crippen molar-refractivity contribution in [1.29, 1.82) is 0 Å². The highest BCUT2D eigenvalue weighted by molar-refractivity contribution is 4.96. The molecule has 0 amide bonds. The molecule has 0 aromatic carbocycles. The zero-order valence-electron chi connectivity index (χ0n) is 64.7. The Kier molecular flexibility index (Phi) is 42.6. The maximum absolute atomic E-state index is 2.44. The highest BCUT2D eigenvalue weighted by Crippen LogP contribution is 2.48. The number of allylic oxidation sites excluding steroid dienone is 16. The first-order chi connectivity index (χ1) is 46.1. The maximum Gasteiger partial charge on any atom is -0.0233 e. The van der Waals surface area contributed by atoms with Crippen molar-refractivity contribution < 1.29 is 0 Å². The maximum atomic E-state index is 2.44. The summed E-state index contributed by atoms with van der Waals surface area (Å²) in [6, 6.07) is 0. The molecule has 10 aliphatic carbocycles. The molecule has 10 saturated carbocycles. The molecule has 0 heterocycles. The van der Waals surface area contributed by atoms with Crippen molar-refractivity contribution in [3.05, 3.63) is 97.2 Å². The van der Waals surface area contributed by atoms with Crippen LogP contribution in [0.3, 0.4) is 0 Å². The van der Waals surface area contributed by atoms with Crippen molar-refractivity contribution >= 4 is 0 Å². The summed E-state index contributed by atoms with van der Waals surface area (Å²) in [5.41, 5.74) is 0. The Morgan fingerprint density at radius 1 is 0.181 bits per heavy atom. The zero-order valence-corrected chi connectivity index (χ0v) is 64.7. The van der Waals surface area contributed by atoms with E-state index >= 15 is 0 Å². The molecule has 94 heavy (non-hydrogen) atoms.